The lowest BCUT2D eigenvalue weighted by molar-refractivity contribution is 0.0734. The largest absolute Gasteiger partial charge is 0.452 e. The van der Waals surface area contributed by atoms with Crippen LogP contribution in [0.25, 0.3) is 6.08 Å². The van der Waals surface area contributed by atoms with Gasteiger partial charge in [-0.15, -0.1) is 11.3 Å². The number of hydrogen-bond donors (Lipinski definition) is 0. The van der Waals surface area contributed by atoms with Crippen LogP contribution in [0.2, 0.25) is 0 Å². The molecule has 0 bridgehead atoms. The van der Waals surface area contributed by atoms with Gasteiger partial charge >= 0.3 is 5.97 Å². The summed E-state index contributed by atoms with van der Waals surface area (Å²) in [5, 5.41) is 1.96. The van der Waals surface area contributed by atoms with Crippen LogP contribution in [0.1, 0.15) is 31.2 Å². The molecule has 2 aromatic heterocycles. The Morgan fingerprint density at radius 1 is 1.27 bits per heavy atom. The number of nitrogens with zero attached hydrogens (tertiary/aromatic N) is 1. The standard InChI is InChI=1S/C20H13NO4S/c1-12-6-8-26-18(12)10-17-19(22)15-5-4-14(9-16(15)25-17)24-20(23)13-3-2-7-21-11-13/h2-11H,1H3/b17-10-. The first-order chi connectivity index (χ1) is 12.6. The Morgan fingerprint density at radius 3 is 2.88 bits per heavy atom. The second-order valence-corrected chi connectivity index (χ2v) is 6.64. The number of fused-ring (bicyclic) bond motifs is 1. The van der Waals surface area contributed by atoms with Gasteiger partial charge < -0.3 is 9.47 Å². The molecule has 3 heterocycles. The van der Waals surface area contributed by atoms with E-state index in [0.29, 0.717) is 22.6 Å². The molecule has 128 valence electrons. The molecule has 6 heteroatoms. The molecule has 1 aliphatic heterocycles. The number of rotatable bonds is 3. The van der Waals surface area contributed by atoms with Gasteiger partial charge in [0.2, 0.25) is 5.78 Å². The lowest BCUT2D eigenvalue weighted by atomic mass is 10.1. The molecule has 0 fully saturated rings. The van der Waals surface area contributed by atoms with E-state index in [1.165, 1.54) is 6.20 Å². The average Bonchev–Trinajstić information content (AvgIpc) is 3.19. The van der Waals surface area contributed by atoms with E-state index in [-0.39, 0.29) is 11.5 Å². The molecule has 0 amide bonds. The van der Waals surface area contributed by atoms with E-state index in [1.54, 1.807) is 53.9 Å². The molecule has 4 rings (SSSR count). The number of pyridine rings is 1. The van der Waals surface area contributed by atoms with Crippen LogP contribution < -0.4 is 9.47 Å². The summed E-state index contributed by atoms with van der Waals surface area (Å²) in [5.74, 6) is 0.248. The Morgan fingerprint density at radius 2 is 2.15 bits per heavy atom. The van der Waals surface area contributed by atoms with Crippen molar-refractivity contribution < 1.29 is 19.1 Å². The third-order valence-corrected chi connectivity index (χ3v) is 4.88. The van der Waals surface area contributed by atoms with Crippen molar-refractivity contribution in [1.29, 1.82) is 0 Å². The Bertz CT molecular complexity index is 1040. The highest BCUT2D eigenvalue weighted by atomic mass is 32.1. The summed E-state index contributed by atoms with van der Waals surface area (Å²) in [6.45, 7) is 1.98. The van der Waals surface area contributed by atoms with Crippen molar-refractivity contribution >= 4 is 29.2 Å². The van der Waals surface area contributed by atoms with Gasteiger partial charge in [0, 0.05) is 29.4 Å². The van der Waals surface area contributed by atoms with Crippen LogP contribution in [0.3, 0.4) is 0 Å². The summed E-state index contributed by atoms with van der Waals surface area (Å²) in [7, 11) is 0. The number of allylic oxidation sites excluding steroid dienone is 1. The lowest BCUT2D eigenvalue weighted by Gasteiger charge is -2.05. The molecule has 0 atom stereocenters. The van der Waals surface area contributed by atoms with E-state index < -0.39 is 5.97 Å². The number of carbonyl (C=O) groups is 2. The van der Waals surface area contributed by atoms with Gasteiger partial charge in [0.1, 0.15) is 11.5 Å². The van der Waals surface area contributed by atoms with E-state index in [2.05, 4.69) is 4.98 Å². The van der Waals surface area contributed by atoms with Crippen LogP contribution in [0.5, 0.6) is 11.5 Å². The van der Waals surface area contributed by atoms with Crippen molar-refractivity contribution in [2.24, 2.45) is 0 Å². The second-order valence-electron chi connectivity index (χ2n) is 5.70. The van der Waals surface area contributed by atoms with Crippen molar-refractivity contribution in [3.05, 3.63) is 81.5 Å². The predicted molar refractivity (Wildman–Crippen MR) is 97.6 cm³/mol. The van der Waals surface area contributed by atoms with Crippen molar-refractivity contribution in [2.75, 3.05) is 0 Å². The molecule has 26 heavy (non-hydrogen) atoms. The fourth-order valence-corrected chi connectivity index (χ4v) is 3.38. The van der Waals surface area contributed by atoms with Crippen molar-refractivity contribution in [1.82, 2.24) is 4.98 Å². The highest BCUT2D eigenvalue weighted by Gasteiger charge is 2.28. The zero-order valence-corrected chi connectivity index (χ0v) is 14.6. The molecular weight excluding hydrogens is 350 g/mol. The fraction of sp³-hybridized carbons (Fsp3) is 0.0500. The summed E-state index contributed by atoms with van der Waals surface area (Å²) >= 11 is 1.54. The third-order valence-electron chi connectivity index (χ3n) is 3.91. The van der Waals surface area contributed by atoms with Gasteiger partial charge in [0.05, 0.1) is 11.1 Å². The molecule has 0 unspecified atom stereocenters. The summed E-state index contributed by atoms with van der Waals surface area (Å²) in [6.07, 6.45) is 4.75. The highest BCUT2D eigenvalue weighted by Crippen LogP contribution is 2.35. The molecule has 5 nitrogen and oxygen atoms in total. The molecule has 3 aromatic rings. The maximum absolute atomic E-state index is 12.5. The molecule has 0 saturated heterocycles. The molecule has 0 N–H and O–H groups in total. The van der Waals surface area contributed by atoms with Gasteiger partial charge in [0.15, 0.2) is 5.76 Å². The third kappa shape index (κ3) is 3.02. The second kappa shape index (κ2) is 6.57. The maximum Gasteiger partial charge on any atom is 0.345 e. The summed E-state index contributed by atoms with van der Waals surface area (Å²) < 4.78 is 11.0. The minimum absolute atomic E-state index is 0.182. The van der Waals surface area contributed by atoms with Crippen LogP contribution in [0, 0.1) is 6.92 Å². The first kappa shape index (κ1) is 16.2. The van der Waals surface area contributed by atoms with Gasteiger partial charge in [-0.05, 0) is 48.2 Å². The number of ketones is 1. The maximum atomic E-state index is 12.5. The molecule has 1 aromatic carbocycles. The first-order valence-electron chi connectivity index (χ1n) is 7.86. The zero-order chi connectivity index (χ0) is 18.1. The summed E-state index contributed by atoms with van der Waals surface area (Å²) in [4.78, 5) is 29.5. The Hall–Kier alpha value is -3.25. The quantitative estimate of drug-likeness (QED) is 0.395. The minimum atomic E-state index is -0.521. The zero-order valence-electron chi connectivity index (χ0n) is 13.8. The molecule has 0 aliphatic carbocycles. The molecule has 0 saturated carbocycles. The van der Waals surface area contributed by atoms with Crippen LogP contribution in [-0.2, 0) is 0 Å². The predicted octanol–water partition coefficient (Wildman–Crippen LogP) is 4.29. The van der Waals surface area contributed by atoms with Gasteiger partial charge in [0.25, 0.3) is 0 Å². The number of aryl methyl sites for hydroxylation is 1. The number of ether oxygens (including phenoxy) is 2. The molecule has 0 spiro atoms. The topological polar surface area (TPSA) is 65.5 Å². The Balaban J connectivity index is 1.57. The van der Waals surface area contributed by atoms with E-state index >= 15 is 0 Å². The molecular formula is C20H13NO4S. The Labute approximate surface area is 153 Å². The lowest BCUT2D eigenvalue weighted by Crippen LogP contribution is -2.08. The van der Waals surface area contributed by atoms with Crippen LogP contribution >= 0.6 is 11.3 Å². The number of thiophene rings is 1. The number of benzene rings is 1. The van der Waals surface area contributed by atoms with Crippen molar-refractivity contribution in [3.63, 3.8) is 0 Å². The average molecular weight is 363 g/mol. The van der Waals surface area contributed by atoms with Gasteiger partial charge in [-0.3, -0.25) is 9.78 Å². The number of hydrogen-bond acceptors (Lipinski definition) is 6. The number of carbonyl (C=O) groups excluding carboxylic acids is 2. The summed E-state index contributed by atoms with van der Waals surface area (Å²) in [6, 6.07) is 9.99. The number of aromatic nitrogens is 1. The van der Waals surface area contributed by atoms with E-state index in [0.717, 1.165) is 10.4 Å². The number of Topliss-reactive ketones (excluding diaryl/α,β-unsaturated/α-hetero) is 1. The van der Waals surface area contributed by atoms with E-state index in [1.807, 2.05) is 18.4 Å². The van der Waals surface area contributed by atoms with E-state index in [4.69, 9.17) is 9.47 Å². The molecule has 1 aliphatic rings. The fourth-order valence-electron chi connectivity index (χ4n) is 2.53. The monoisotopic (exact) mass is 363 g/mol. The van der Waals surface area contributed by atoms with Crippen LogP contribution in [0.4, 0.5) is 0 Å². The van der Waals surface area contributed by atoms with Gasteiger partial charge in [-0.25, -0.2) is 4.79 Å². The SMILES string of the molecule is Cc1ccsc1/C=C1\Oc2cc(OC(=O)c3cccnc3)ccc2C1=O. The molecule has 0 radical (unpaired) electrons. The number of esters is 1. The minimum Gasteiger partial charge on any atom is -0.452 e. The van der Waals surface area contributed by atoms with Gasteiger partial charge in [-0.2, -0.15) is 0 Å². The van der Waals surface area contributed by atoms with Crippen molar-refractivity contribution in [3.8, 4) is 11.5 Å². The van der Waals surface area contributed by atoms with Crippen LogP contribution in [0.15, 0.2) is 59.9 Å². The van der Waals surface area contributed by atoms with Crippen molar-refractivity contribution in [2.45, 2.75) is 6.92 Å². The van der Waals surface area contributed by atoms with Gasteiger partial charge in [-0.1, -0.05) is 0 Å². The smallest absolute Gasteiger partial charge is 0.345 e. The summed E-state index contributed by atoms with van der Waals surface area (Å²) in [5.41, 5.74) is 1.88. The Kier molecular flexibility index (Phi) is 4.10. The normalized spacial score (nSPS) is 14.2. The van der Waals surface area contributed by atoms with Crippen LogP contribution in [-0.4, -0.2) is 16.7 Å². The van der Waals surface area contributed by atoms with E-state index in [9.17, 15) is 9.59 Å². The highest BCUT2D eigenvalue weighted by molar-refractivity contribution is 7.11. The first-order valence-corrected chi connectivity index (χ1v) is 8.74.